The van der Waals surface area contributed by atoms with E-state index in [0.717, 1.165) is 25.1 Å². The van der Waals surface area contributed by atoms with Crippen molar-refractivity contribution in [2.75, 3.05) is 37.0 Å². The normalized spacial score (nSPS) is 28.8. The first-order valence-electron chi connectivity index (χ1n) is 12.7. The van der Waals surface area contributed by atoms with Gasteiger partial charge in [0.2, 0.25) is 0 Å². The van der Waals surface area contributed by atoms with Crippen LogP contribution in [0, 0.1) is 5.92 Å². The third-order valence-corrected chi connectivity index (χ3v) is 7.58. The Hall–Kier alpha value is -3.03. The van der Waals surface area contributed by atoms with E-state index in [0.29, 0.717) is 42.5 Å². The highest BCUT2D eigenvalue weighted by Gasteiger charge is 2.54. The minimum absolute atomic E-state index is 0.0117. The molecule has 1 aliphatic carbocycles. The van der Waals surface area contributed by atoms with Gasteiger partial charge in [-0.15, -0.1) is 0 Å². The van der Waals surface area contributed by atoms with Crippen LogP contribution in [0.5, 0.6) is 0 Å². The molecule has 13 heteroatoms. The quantitative estimate of drug-likeness (QED) is 0.509. The number of methoxy groups -OCH3 is 1. The van der Waals surface area contributed by atoms with Crippen LogP contribution in [0.15, 0.2) is 31.0 Å². The first-order valence-corrected chi connectivity index (χ1v) is 12.7. The van der Waals surface area contributed by atoms with Gasteiger partial charge in [0, 0.05) is 38.4 Å². The summed E-state index contributed by atoms with van der Waals surface area (Å²) in [4.78, 5) is 19.6. The minimum Gasteiger partial charge on any atom is -0.384 e. The van der Waals surface area contributed by atoms with Crippen LogP contribution in [-0.2, 0) is 20.4 Å². The molecule has 0 bridgehead atoms. The van der Waals surface area contributed by atoms with Crippen LogP contribution in [0.2, 0.25) is 0 Å². The van der Waals surface area contributed by atoms with Gasteiger partial charge >= 0.3 is 6.18 Å². The number of halogens is 3. The maximum absolute atomic E-state index is 12.9. The fourth-order valence-corrected chi connectivity index (χ4v) is 5.93. The summed E-state index contributed by atoms with van der Waals surface area (Å²) < 4.78 is 58.6. The number of pyridine rings is 1. The first kappa shape index (κ1) is 25.3. The molecular formula is C25H30F3N7O3. The highest BCUT2D eigenvalue weighted by atomic mass is 19.4. The zero-order valence-corrected chi connectivity index (χ0v) is 21.4. The average Bonchev–Trinajstić information content (AvgIpc) is 3.63. The van der Waals surface area contributed by atoms with E-state index in [2.05, 4.69) is 25.3 Å². The van der Waals surface area contributed by atoms with E-state index in [1.807, 2.05) is 23.3 Å². The van der Waals surface area contributed by atoms with Crippen molar-refractivity contribution in [1.29, 1.82) is 0 Å². The van der Waals surface area contributed by atoms with Gasteiger partial charge in [0.1, 0.15) is 23.8 Å². The summed E-state index contributed by atoms with van der Waals surface area (Å²) in [5.74, 6) is 0.654. The van der Waals surface area contributed by atoms with E-state index in [9.17, 15) is 13.2 Å². The van der Waals surface area contributed by atoms with Crippen LogP contribution >= 0.6 is 0 Å². The summed E-state index contributed by atoms with van der Waals surface area (Å²) in [5, 5.41) is 3.46. The van der Waals surface area contributed by atoms with Crippen LogP contribution in [-0.4, -0.2) is 75.3 Å². The van der Waals surface area contributed by atoms with Crippen molar-refractivity contribution in [2.45, 2.75) is 62.9 Å². The van der Waals surface area contributed by atoms with Crippen molar-refractivity contribution in [3.63, 3.8) is 0 Å². The lowest BCUT2D eigenvalue weighted by Gasteiger charge is -2.24. The molecule has 0 aromatic carbocycles. The predicted octanol–water partition coefficient (Wildman–Crippen LogP) is 3.66. The largest absolute Gasteiger partial charge is 0.417 e. The molecule has 2 saturated heterocycles. The van der Waals surface area contributed by atoms with E-state index in [1.54, 1.807) is 13.4 Å². The lowest BCUT2D eigenvalue weighted by Crippen LogP contribution is -2.28. The Kier molecular flexibility index (Phi) is 6.19. The Morgan fingerprint density at radius 2 is 1.95 bits per heavy atom. The highest BCUT2D eigenvalue weighted by Crippen LogP contribution is 2.47. The number of rotatable bonds is 6. The molecule has 0 unspecified atom stereocenters. The van der Waals surface area contributed by atoms with Crippen LogP contribution in [0.1, 0.15) is 38.3 Å². The average molecular weight is 534 g/mol. The summed E-state index contributed by atoms with van der Waals surface area (Å²) in [5.41, 5.74) is 0.606. The number of nitrogens with zero attached hydrogens (tertiary/aromatic N) is 6. The topological polar surface area (TPSA) is 99.5 Å². The number of anilines is 2. The zero-order chi connectivity index (χ0) is 26.7. The third-order valence-electron chi connectivity index (χ3n) is 7.58. The lowest BCUT2D eigenvalue weighted by molar-refractivity contribution is -0.162. The van der Waals surface area contributed by atoms with Crippen molar-refractivity contribution in [3.8, 4) is 0 Å². The predicted molar refractivity (Wildman–Crippen MR) is 132 cm³/mol. The molecule has 3 aromatic heterocycles. The van der Waals surface area contributed by atoms with Crippen molar-refractivity contribution in [2.24, 2.45) is 5.92 Å². The number of hydrogen-bond acceptors (Lipinski definition) is 9. The standard InChI is InChI=1S/C25H30F3N7O3/c1-24(2)37-20-14(11-36-3)8-17(21(20)38-24)35-13-32-19-22(30-12-31-23(19)35)33-16-6-7-34(10-16)18-5-4-15(9-29-18)25(26,27)28/h4-5,9,12-14,16-17,20-21H,6-8,10-11H2,1-3H3,(H,30,31,33)/t14-,16-,17-,20-,21+/m1/s1. The van der Waals surface area contributed by atoms with Gasteiger partial charge in [0.25, 0.3) is 0 Å². The molecule has 0 radical (unpaired) electrons. The number of hydrogen-bond donors (Lipinski definition) is 1. The second-order valence-electron chi connectivity index (χ2n) is 10.6. The van der Waals surface area contributed by atoms with Gasteiger partial charge in [-0.3, -0.25) is 0 Å². The molecule has 3 fully saturated rings. The van der Waals surface area contributed by atoms with Crippen molar-refractivity contribution in [1.82, 2.24) is 24.5 Å². The van der Waals surface area contributed by atoms with Crippen molar-refractivity contribution >= 4 is 22.8 Å². The van der Waals surface area contributed by atoms with Crippen molar-refractivity contribution in [3.05, 3.63) is 36.5 Å². The summed E-state index contributed by atoms with van der Waals surface area (Å²) >= 11 is 0. The third kappa shape index (κ3) is 4.56. The Balaban J connectivity index is 1.19. The van der Waals surface area contributed by atoms with Gasteiger partial charge in [-0.1, -0.05) is 0 Å². The van der Waals surface area contributed by atoms with Gasteiger partial charge < -0.3 is 29.0 Å². The lowest BCUT2D eigenvalue weighted by atomic mass is 10.1. The summed E-state index contributed by atoms with van der Waals surface area (Å²) in [7, 11) is 1.69. The number of ether oxygens (including phenoxy) is 3. The van der Waals surface area contributed by atoms with Crippen LogP contribution in [0.4, 0.5) is 24.8 Å². The van der Waals surface area contributed by atoms with Gasteiger partial charge in [-0.25, -0.2) is 19.9 Å². The molecule has 10 nitrogen and oxygen atoms in total. The van der Waals surface area contributed by atoms with E-state index in [4.69, 9.17) is 14.2 Å². The number of nitrogens with one attached hydrogen (secondary N) is 1. The smallest absolute Gasteiger partial charge is 0.384 e. The molecule has 0 spiro atoms. The fraction of sp³-hybridized carbons (Fsp3) is 0.600. The van der Waals surface area contributed by atoms with Crippen LogP contribution in [0.25, 0.3) is 11.2 Å². The van der Waals surface area contributed by atoms with E-state index in [1.165, 1.54) is 12.4 Å². The molecule has 204 valence electrons. The number of imidazole rings is 1. The summed E-state index contributed by atoms with van der Waals surface area (Å²) in [6.45, 7) is 5.67. The maximum atomic E-state index is 12.9. The van der Waals surface area contributed by atoms with Gasteiger partial charge in [-0.2, -0.15) is 13.2 Å². The molecule has 3 aliphatic rings. The molecule has 0 amide bonds. The summed E-state index contributed by atoms with van der Waals surface area (Å²) in [6, 6.07) is 2.49. The monoisotopic (exact) mass is 533 g/mol. The second-order valence-corrected chi connectivity index (χ2v) is 10.6. The summed E-state index contributed by atoms with van der Waals surface area (Å²) in [6.07, 6.45) is 1.14. The molecule has 6 rings (SSSR count). The molecule has 38 heavy (non-hydrogen) atoms. The van der Waals surface area contributed by atoms with Crippen LogP contribution in [0.3, 0.4) is 0 Å². The Morgan fingerprint density at radius 1 is 1.13 bits per heavy atom. The highest BCUT2D eigenvalue weighted by molar-refractivity contribution is 5.83. The maximum Gasteiger partial charge on any atom is 0.417 e. The van der Waals surface area contributed by atoms with E-state index in [-0.39, 0.29) is 30.2 Å². The number of aromatic nitrogens is 5. The Morgan fingerprint density at radius 3 is 2.68 bits per heavy atom. The molecule has 5 atom stereocenters. The minimum atomic E-state index is -4.40. The SMILES string of the molecule is COC[C@H]1C[C@@H](n2cnc3c(N[C@@H]4CCN(c5ccc(C(F)(F)F)cn5)C4)ncnc32)[C@@H]2OC(C)(C)O[C@H]12. The zero-order valence-electron chi connectivity index (χ0n) is 21.4. The molecule has 1 saturated carbocycles. The first-order chi connectivity index (χ1) is 18.1. The van der Waals surface area contributed by atoms with Gasteiger partial charge in [-0.05, 0) is 38.8 Å². The molecule has 5 heterocycles. The Bertz CT molecular complexity index is 1300. The van der Waals surface area contributed by atoms with Crippen molar-refractivity contribution < 1.29 is 27.4 Å². The number of alkyl halides is 3. The van der Waals surface area contributed by atoms with Gasteiger partial charge in [0.05, 0.1) is 30.6 Å². The van der Waals surface area contributed by atoms with Crippen LogP contribution < -0.4 is 10.2 Å². The molecule has 3 aromatic rings. The van der Waals surface area contributed by atoms with E-state index < -0.39 is 17.5 Å². The molecular weight excluding hydrogens is 503 g/mol. The molecule has 2 aliphatic heterocycles. The van der Waals surface area contributed by atoms with Gasteiger partial charge in [0.15, 0.2) is 17.3 Å². The van der Waals surface area contributed by atoms with E-state index >= 15 is 0 Å². The fourth-order valence-electron chi connectivity index (χ4n) is 5.93. The number of fused-ring (bicyclic) bond motifs is 2. The molecule has 1 N–H and O–H groups in total. The second kappa shape index (κ2) is 9.31. The Labute approximate surface area is 217 Å².